The SMILES string of the molecule is CCCNCCCS(=O)(=O)N(C)CC1CC1C. The van der Waals surface area contributed by atoms with Gasteiger partial charge in [0.05, 0.1) is 5.75 Å². The first-order valence-electron chi connectivity index (χ1n) is 6.62. The molecule has 1 aliphatic rings. The van der Waals surface area contributed by atoms with Gasteiger partial charge in [-0.05, 0) is 44.2 Å². The van der Waals surface area contributed by atoms with E-state index in [1.807, 2.05) is 0 Å². The molecular weight excluding hydrogens is 236 g/mol. The summed E-state index contributed by atoms with van der Waals surface area (Å²) in [5.41, 5.74) is 0. The van der Waals surface area contributed by atoms with Crippen LogP contribution in [0.2, 0.25) is 0 Å². The van der Waals surface area contributed by atoms with Crippen molar-refractivity contribution in [1.29, 1.82) is 0 Å². The molecule has 4 nitrogen and oxygen atoms in total. The van der Waals surface area contributed by atoms with Crippen molar-refractivity contribution in [1.82, 2.24) is 9.62 Å². The molecule has 1 N–H and O–H groups in total. The topological polar surface area (TPSA) is 49.4 Å². The molecule has 0 spiro atoms. The minimum absolute atomic E-state index is 0.265. The zero-order valence-corrected chi connectivity index (χ0v) is 12.1. The first-order valence-corrected chi connectivity index (χ1v) is 8.23. The quantitative estimate of drug-likeness (QED) is 0.637. The maximum absolute atomic E-state index is 11.9. The van der Waals surface area contributed by atoms with E-state index in [1.165, 1.54) is 6.42 Å². The summed E-state index contributed by atoms with van der Waals surface area (Å²) in [6.45, 7) is 6.75. The van der Waals surface area contributed by atoms with Crippen molar-refractivity contribution < 1.29 is 8.42 Å². The summed E-state index contributed by atoms with van der Waals surface area (Å²) < 4.78 is 25.4. The summed E-state index contributed by atoms with van der Waals surface area (Å²) in [4.78, 5) is 0. The number of nitrogens with zero attached hydrogens (tertiary/aromatic N) is 1. The third kappa shape index (κ3) is 5.36. The first kappa shape index (κ1) is 14.9. The predicted octanol–water partition coefficient (Wildman–Crippen LogP) is 1.29. The zero-order valence-electron chi connectivity index (χ0n) is 11.3. The molecule has 1 fully saturated rings. The van der Waals surface area contributed by atoms with Crippen LogP contribution in [-0.4, -0.2) is 45.2 Å². The van der Waals surface area contributed by atoms with Crippen LogP contribution in [0, 0.1) is 11.8 Å². The predicted molar refractivity (Wildman–Crippen MR) is 71.5 cm³/mol. The first-order chi connectivity index (χ1) is 7.97. The average Bonchev–Trinajstić information content (AvgIpc) is 2.94. The van der Waals surface area contributed by atoms with Crippen LogP contribution in [0.5, 0.6) is 0 Å². The lowest BCUT2D eigenvalue weighted by Gasteiger charge is -2.17. The van der Waals surface area contributed by atoms with Crippen LogP contribution < -0.4 is 5.32 Å². The second-order valence-electron chi connectivity index (χ2n) is 5.17. The molecule has 0 radical (unpaired) electrons. The molecule has 2 unspecified atom stereocenters. The van der Waals surface area contributed by atoms with Gasteiger partial charge in [-0.2, -0.15) is 0 Å². The molecule has 2 atom stereocenters. The van der Waals surface area contributed by atoms with Crippen molar-refractivity contribution in [3.63, 3.8) is 0 Å². The Hall–Kier alpha value is -0.130. The maximum Gasteiger partial charge on any atom is 0.213 e. The van der Waals surface area contributed by atoms with E-state index in [-0.39, 0.29) is 5.75 Å². The van der Waals surface area contributed by atoms with Gasteiger partial charge in [-0.1, -0.05) is 13.8 Å². The number of hydrogen-bond acceptors (Lipinski definition) is 3. The molecule has 0 aliphatic heterocycles. The van der Waals surface area contributed by atoms with Crippen LogP contribution in [0.25, 0.3) is 0 Å². The zero-order chi connectivity index (χ0) is 12.9. The van der Waals surface area contributed by atoms with E-state index >= 15 is 0 Å². The Balaban J connectivity index is 2.19. The van der Waals surface area contributed by atoms with E-state index in [2.05, 4.69) is 19.2 Å². The molecule has 5 heteroatoms. The third-order valence-electron chi connectivity index (χ3n) is 3.43. The van der Waals surface area contributed by atoms with Gasteiger partial charge in [0.2, 0.25) is 10.0 Å². The summed E-state index contributed by atoms with van der Waals surface area (Å²) in [6, 6.07) is 0. The highest BCUT2D eigenvalue weighted by molar-refractivity contribution is 7.89. The van der Waals surface area contributed by atoms with Crippen LogP contribution >= 0.6 is 0 Å². The van der Waals surface area contributed by atoms with Gasteiger partial charge in [-0.3, -0.25) is 0 Å². The highest BCUT2D eigenvalue weighted by atomic mass is 32.2. The van der Waals surface area contributed by atoms with E-state index in [4.69, 9.17) is 0 Å². The molecule has 0 bridgehead atoms. The monoisotopic (exact) mass is 262 g/mol. The number of nitrogens with one attached hydrogen (secondary N) is 1. The van der Waals surface area contributed by atoms with Crippen molar-refractivity contribution in [2.24, 2.45) is 11.8 Å². The molecule has 0 aromatic rings. The highest BCUT2D eigenvalue weighted by Crippen LogP contribution is 2.38. The normalized spacial score (nSPS) is 24.2. The lowest BCUT2D eigenvalue weighted by atomic mass is 10.3. The number of sulfonamides is 1. The van der Waals surface area contributed by atoms with E-state index in [0.29, 0.717) is 24.8 Å². The molecule has 0 heterocycles. The number of rotatable bonds is 9. The van der Waals surface area contributed by atoms with Gasteiger partial charge in [0, 0.05) is 13.6 Å². The molecule has 1 saturated carbocycles. The summed E-state index contributed by atoms with van der Waals surface area (Å²) in [6.07, 6.45) is 2.97. The molecule has 0 amide bonds. The van der Waals surface area contributed by atoms with Crippen molar-refractivity contribution in [2.45, 2.75) is 33.1 Å². The molecule has 0 saturated heterocycles. The van der Waals surface area contributed by atoms with Crippen LogP contribution in [0.1, 0.15) is 33.1 Å². The van der Waals surface area contributed by atoms with E-state index in [1.54, 1.807) is 11.4 Å². The van der Waals surface area contributed by atoms with Gasteiger partial charge in [0.1, 0.15) is 0 Å². The van der Waals surface area contributed by atoms with E-state index in [9.17, 15) is 8.42 Å². The summed E-state index contributed by atoms with van der Waals surface area (Å²) in [5, 5.41) is 3.22. The molecule has 0 aromatic carbocycles. The highest BCUT2D eigenvalue weighted by Gasteiger charge is 2.35. The van der Waals surface area contributed by atoms with Crippen LogP contribution in [0.15, 0.2) is 0 Å². The fourth-order valence-electron chi connectivity index (χ4n) is 1.93. The largest absolute Gasteiger partial charge is 0.317 e. The lowest BCUT2D eigenvalue weighted by Crippen LogP contribution is -2.32. The van der Waals surface area contributed by atoms with Gasteiger partial charge in [-0.25, -0.2) is 12.7 Å². The van der Waals surface area contributed by atoms with E-state index in [0.717, 1.165) is 19.5 Å². The molecule has 1 rings (SSSR count). The Kier molecular flexibility index (Phi) is 5.89. The van der Waals surface area contributed by atoms with Crippen LogP contribution in [0.3, 0.4) is 0 Å². The Morgan fingerprint density at radius 3 is 2.53 bits per heavy atom. The Labute approximate surface area is 106 Å². The fourth-order valence-corrected chi connectivity index (χ4v) is 3.17. The Bertz CT molecular complexity index is 316. The van der Waals surface area contributed by atoms with Gasteiger partial charge in [0.25, 0.3) is 0 Å². The Morgan fingerprint density at radius 2 is 2.00 bits per heavy atom. The van der Waals surface area contributed by atoms with Crippen molar-refractivity contribution in [2.75, 3.05) is 32.4 Å². The van der Waals surface area contributed by atoms with Crippen molar-refractivity contribution in [3.05, 3.63) is 0 Å². The summed E-state index contributed by atoms with van der Waals surface area (Å²) in [5.74, 6) is 1.56. The average molecular weight is 262 g/mol. The standard InChI is InChI=1S/C12H26N2O2S/c1-4-6-13-7-5-8-17(15,16)14(3)10-12-9-11(12)2/h11-13H,4-10H2,1-3H3. The second kappa shape index (κ2) is 6.71. The molecule has 1 aliphatic carbocycles. The number of hydrogen-bond donors (Lipinski definition) is 1. The fraction of sp³-hybridized carbons (Fsp3) is 1.00. The minimum Gasteiger partial charge on any atom is -0.317 e. The van der Waals surface area contributed by atoms with E-state index < -0.39 is 10.0 Å². The van der Waals surface area contributed by atoms with Gasteiger partial charge in [-0.15, -0.1) is 0 Å². The van der Waals surface area contributed by atoms with Crippen LogP contribution in [-0.2, 0) is 10.0 Å². The summed E-state index contributed by atoms with van der Waals surface area (Å²) in [7, 11) is -1.32. The maximum atomic E-state index is 11.9. The van der Waals surface area contributed by atoms with Crippen molar-refractivity contribution >= 4 is 10.0 Å². The molecule has 17 heavy (non-hydrogen) atoms. The molecular formula is C12H26N2O2S. The third-order valence-corrected chi connectivity index (χ3v) is 5.33. The smallest absolute Gasteiger partial charge is 0.213 e. The second-order valence-corrected chi connectivity index (χ2v) is 7.37. The Morgan fingerprint density at radius 1 is 1.35 bits per heavy atom. The van der Waals surface area contributed by atoms with Gasteiger partial charge < -0.3 is 5.32 Å². The summed E-state index contributed by atoms with van der Waals surface area (Å²) >= 11 is 0. The van der Waals surface area contributed by atoms with Crippen LogP contribution in [0.4, 0.5) is 0 Å². The molecule has 0 aromatic heterocycles. The van der Waals surface area contributed by atoms with Gasteiger partial charge in [0.15, 0.2) is 0 Å². The van der Waals surface area contributed by atoms with Crippen molar-refractivity contribution in [3.8, 4) is 0 Å². The lowest BCUT2D eigenvalue weighted by molar-refractivity contribution is 0.443. The molecule has 102 valence electrons. The minimum atomic E-state index is -3.03. The van der Waals surface area contributed by atoms with Gasteiger partial charge >= 0.3 is 0 Å².